The predicted octanol–water partition coefficient (Wildman–Crippen LogP) is 11.5. The lowest BCUT2D eigenvalue weighted by atomic mass is 9.58. The van der Waals surface area contributed by atoms with E-state index in [2.05, 4.69) is 193 Å². The number of hydrogen-bond donors (Lipinski definition) is 1. The predicted molar refractivity (Wildman–Crippen MR) is 214 cm³/mol. The van der Waals surface area contributed by atoms with E-state index in [1.54, 1.807) is 0 Å². The molecule has 2 aliphatic rings. The van der Waals surface area contributed by atoms with Crippen molar-refractivity contribution in [2.45, 2.75) is 9.79 Å². The summed E-state index contributed by atoms with van der Waals surface area (Å²) in [7, 11) is 2.40. The van der Waals surface area contributed by atoms with Crippen molar-refractivity contribution < 1.29 is 0 Å². The molecule has 0 fully saturated rings. The SMILES string of the molecule is [B]1c2cccc3c2N(c2ccccc2S3)c2cc(-c3ccccc3)cc(-c3ccc4ccccc4c3Nc3ccc(-c4ccccc4)cc3)c21. The molecule has 1 radical (unpaired) electrons. The third kappa shape index (κ3) is 4.83. The van der Waals surface area contributed by atoms with E-state index >= 15 is 0 Å². The Morgan fingerprint density at radius 3 is 1.98 bits per heavy atom. The third-order valence-electron chi connectivity index (χ3n) is 9.87. The van der Waals surface area contributed by atoms with Crippen LogP contribution in [0.25, 0.3) is 44.2 Å². The molecule has 0 amide bonds. The molecule has 50 heavy (non-hydrogen) atoms. The summed E-state index contributed by atoms with van der Waals surface area (Å²) in [5.74, 6) is 0. The Bertz CT molecular complexity index is 2560. The van der Waals surface area contributed by atoms with Crippen LogP contribution >= 0.6 is 11.8 Å². The number of fused-ring (bicyclic) bond motifs is 5. The van der Waals surface area contributed by atoms with E-state index < -0.39 is 0 Å². The molecular formula is C46H30BN2S. The lowest BCUT2D eigenvalue weighted by Gasteiger charge is -2.40. The number of para-hydroxylation sites is 2. The van der Waals surface area contributed by atoms with Gasteiger partial charge in [-0.25, -0.2) is 0 Å². The standard InChI is InChI=1S/C46H30BN2S/c1-3-12-30(13-4-1)32-22-25-35(26-23-32)48-45-36-17-8-7-16-33(36)24-27-37(45)38-28-34(31-14-5-2-6-15-31)29-41-44(38)47-39-18-11-21-43-46(39)49(41)40-19-9-10-20-42(40)50-43/h1-29,48H. The first-order chi connectivity index (χ1) is 24.8. The van der Waals surface area contributed by atoms with Crippen molar-refractivity contribution in [3.63, 3.8) is 0 Å². The Balaban J connectivity index is 1.21. The fourth-order valence-electron chi connectivity index (χ4n) is 7.50. The van der Waals surface area contributed by atoms with Crippen LogP contribution in [0.3, 0.4) is 0 Å². The average molecular weight is 654 g/mol. The molecule has 233 valence electrons. The van der Waals surface area contributed by atoms with Gasteiger partial charge in [0.15, 0.2) is 7.28 Å². The molecule has 0 saturated carbocycles. The van der Waals surface area contributed by atoms with E-state index in [0.717, 1.165) is 11.4 Å². The van der Waals surface area contributed by atoms with Crippen molar-refractivity contribution in [1.29, 1.82) is 0 Å². The topological polar surface area (TPSA) is 15.3 Å². The highest BCUT2D eigenvalue weighted by Crippen LogP contribution is 2.52. The molecule has 0 spiro atoms. The maximum atomic E-state index is 3.91. The Labute approximate surface area is 297 Å². The highest BCUT2D eigenvalue weighted by Gasteiger charge is 2.34. The van der Waals surface area contributed by atoms with Gasteiger partial charge in [-0.2, -0.15) is 0 Å². The van der Waals surface area contributed by atoms with Crippen molar-refractivity contribution in [3.8, 4) is 33.4 Å². The molecular weight excluding hydrogens is 623 g/mol. The zero-order chi connectivity index (χ0) is 33.0. The van der Waals surface area contributed by atoms with Crippen LogP contribution in [0.2, 0.25) is 0 Å². The molecule has 0 saturated heterocycles. The van der Waals surface area contributed by atoms with Gasteiger partial charge in [0.25, 0.3) is 0 Å². The molecule has 1 N–H and O–H groups in total. The van der Waals surface area contributed by atoms with E-state index in [4.69, 9.17) is 0 Å². The van der Waals surface area contributed by atoms with Crippen LogP contribution in [0, 0.1) is 0 Å². The van der Waals surface area contributed by atoms with E-state index in [1.165, 1.54) is 81.9 Å². The van der Waals surface area contributed by atoms with Gasteiger partial charge in [-0.15, -0.1) is 0 Å². The van der Waals surface area contributed by atoms with Crippen molar-refractivity contribution in [2.24, 2.45) is 0 Å². The summed E-state index contributed by atoms with van der Waals surface area (Å²) in [4.78, 5) is 5.04. The fourth-order valence-corrected chi connectivity index (χ4v) is 8.60. The largest absolute Gasteiger partial charge is 0.355 e. The number of nitrogens with one attached hydrogen (secondary N) is 1. The molecule has 0 aliphatic carbocycles. The molecule has 2 heterocycles. The minimum atomic E-state index is 1.05. The summed E-state index contributed by atoms with van der Waals surface area (Å²) in [6.07, 6.45) is 0. The molecule has 2 aliphatic heterocycles. The maximum absolute atomic E-state index is 3.91. The van der Waals surface area contributed by atoms with Gasteiger partial charge in [0.05, 0.1) is 17.1 Å². The summed E-state index contributed by atoms with van der Waals surface area (Å²) in [6.45, 7) is 0. The van der Waals surface area contributed by atoms with Crippen molar-refractivity contribution in [3.05, 3.63) is 176 Å². The molecule has 0 atom stereocenters. The second kappa shape index (κ2) is 11.9. The molecule has 4 heteroatoms. The molecule has 8 aromatic carbocycles. The molecule has 2 nitrogen and oxygen atoms in total. The average Bonchev–Trinajstić information content (AvgIpc) is 3.18. The van der Waals surface area contributed by atoms with Crippen LogP contribution < -0.4 is 21.1 Å². The van der Waals surface area contributed by atoms with E-state index in [0.29, 0.717) is 0 Å². The Morgan fingerprint density at radius 2 is 1.16 bits per heavy atom. The lowest BCUT2D eigenvalue weighted by Crippen LogP contribution is -2.42. The molecule has 10 rings (SSSR count). The summed E-state index contributed by atoms with van der Waals surface area (Å²) >= 11 is 1.86. The number of anilines is 5. The first-order valence-electron chi connectivity index (χ1n) is 17.0. The fraction of sp³-hybridized carbons (Fsp3) is 0. The minimum absolute atomic E-state index is 1.05. The van der Waals surface area contributed by atoms with Crippen LogP contribution in [-0.2, 0) is 0 Å². The Morgan fingerprint density at radius 1 is 0.480 bits per heavy atom. The minimum Gasteiger partial charge on any atom is -0.355 e. The number of nitrogens with zero attached hydrogens (tertiary/aromatic N) is 1. The van der Waals surface area contributed by atoms with E-state index in [-0.39, 0.29) is 0 Å². The Kier molecular flexibility index (Phi) is 6.88. The van der Waals surface area contributed by atoms with Gasteiger partial charge in [0, 0.05) is 32.1 Å². The monoisotopic (exact) mass is 653 g/mol. The molecule has 8 aromatic rings. The van der Waals surface area contributed by atoms with Gasteiger partial charge >= 0.3 is 0 Å². The second-order valence-corrected chi connectivity index (χ2v) is 13.9. The summed E-state index contributed by atoms with van der Waals surface area (Å²) < 4.78 is 0. The Hall–Kier alpha value is -5.97. The van der Waals surface area contributed by atoms with Crippen LogP contribution in [0.1, 0.15) is 0 Å². The highest BCUT2D eigenvalue weighted by atomic mass is 32.2. The van der Waals surface area contributed by atoms with Crippen LogP contribution in [0.15, 0.2) is 186 Å². The first-order valence-corrected chi connectivity index (χ1v) is 17.8. The lowest BCUT2D eigenvalue weighted by molar-refractivity contribution is 1.17. The zero-order valence-electron chi connectivity index (χ0n) is 27.2. The first kappa shape index (κ1) is 29.0. The van der Waals surface area contributed by atoms with Crippen LogP contribution in [-0.4, -0.2) is 7.28 Å². The number of benzene rings is 8. The van der Waals surface area contributed by atoms with Crippen molar-refractivity contribution in [1.82, 2.24) is 0 Å². The van der Waals surface area contributed by atoms with Gasteiger partial charge in [-0.1, -0.05) is 151 Å². The number of hydrogen-bond acceptors (Lipinski definition) is 3. The third-order valence-corrected chi connectivity index (χ3v) is 11.0. The van der Waals surface area contributed by atoms with Crippen molar-refractivity contribution in [2.75, 3.05) is 10.2 Å². The van der Waals surface area contributed by atoms with Gasteiger partial charge in [-0.3, -0.25) is 0 Å². The quantitative estimate of drug-likeness (QED) is 0.186. The van der Waals surface area contributed by atoms with Crippen molar-refractivity contribution >= 4 is 69.2 Å². The van der Waals surface area contributed by atoms with E-state index in [1.807, 2.05) is 11.8 Å². The smallest absolute Gasteiger partial charge is 0.197 e. The van der Waals surface area contributed by atoms with Gasteiger partial charge in [-0.05, 0) is 81.1 Å². The molecule has 0 unspecified atom stereocenters. The van der Waals surface area contributed by atoms with Gasteiger partial charge in [0.1, 0.15) is 0 Å². The van der Waals surface area contributed by atoms with Crippen LogP contribution in [0.4, 0.5) is 28.4 Å². The summed E-state index contributed by atoms with van der Waals surface area (Å²) in [6, 6.07) is 63.6. The normalized spacial score (nSPS) is 12.4. The molecule has 0 bridgehead atoms. The number of rotatable bonds is 5. The summed E-state index contributed by atoms with van der Waals surface area (Å²) in [5.41, 5.74) is 15.4. The molecule has 0 aromatic heterocycles. The second-order valence-electron chi connectivity index (χ2n) is 12.8. The summed E-state index contributed by atoms with van der Waals surface area (Å²) in [5, 5.41) is 6.30. The zero-order valence-corrected chi connectivity index (χ0v) is 28.0. The maximum Gasteiger partial charge on any atom is 0.197 e. The van der Waals surface area contributed by atoms with Gasteiger partial charge < -0.3 is 10.2 Å². The van der Waals surface area contributed by atoms with Crippen LogP contribution in [0.5, 0.6) is 0 Å². The van der Waals surface area contributed by atoms with Gasteiger partial charge in [0.2, 0.25) is 0 Å². The van der Waals surface area contributed by atoms with E-state index in [9.17, 15) is 0 Å². The highest BCUT2D eigenvalue weighted by molar-refractivity contribution is 7.99.